The molecule has 3 heteroatoms. The zero-order chi connectivity index (χ0) is 14.7. The Kier molecular flexibility index (Phi) is 3.84. The fraction of sp³-hybridized carbons (Fsp3) is 0.167. The van der Waals surface area contributed by atoms with E-state index in [9.17, 15) is 0 Å². The largest absolute Gasteiger partial charge is 0.491 e. The van der Waals surface area contributed by atoms with Crippen molar-refractivity contribution in [3.63, 3.8) is 0 Å². The lowest BCUT2D eigenvalue weighted by molar-refractivity contribution is 0.294. The molecule has 0 aliphatic heterocycles. The van der Waals surface area contributed by atoms with Crippen molar-refractivity contribution in [2.45, 2.75) is 13.0 Å². The molecule has 0 saturated heterocycles. The zero-order valence-corrected chi connectivity index (χ0v) is 12.0. The van der Waals surface area contributed by atoms with Gasteiger partial charge >= 0.3 is 0 Å². The van der Waals surface area contributed by atoms with Crippen molar-refractivity contribution in [1.82, 2.24) is 4.98 Å². The smallest absolute Gasteiger partial charge is 0.128 e. The quantitative estimate of drug-likeness (QED) is 0.793. The molecule has 1 aromatic heterocycles. The van der Waals surface area contributed by atoms with Gasteiger partial charge in [0.05, 0.1) is 11.6 Å². The molecule has 1 atom stereocenters. The SMILES string of the molecule is Cc1cccc(C(N)COc2cccc3ncccc23)c1. The molecule has 1 heterocycles. The first-order valence-electron chi connectivity index (χ1n) is 7.03. The highest BCUT2D eigenvalue weighted by atomic mass is 16.5. The average molecular weight is 278 g/mol. The fourth-order valence-corrected chi connectivity index (χ4v) is 2.38. The first-order valence-corrected chi connectivity index (χ1v) is 7.03. The predicted molar refractivity (Wildman–Crippen MR) is 85.3 cm³/mol. The molecule has 21 heavy (non-hydrogen) atoms. The highest BCUT2D eigenvalue weighted by Gasteiger charge is 2.08. The zero-order valence-electron chi connectivity index (χ0n) is 12.0. The minimum absolute atomic E-state index is 0.142. The van der Waals surface area contributed by atoms with Crippen LogP contribution in [0.2, 0.25) is 0 Å². The van der Waals surface area contributed by atoms with E-state index in [2.05, 4.69) is 24.0 Å². The van der Waals surface area contributed by atoms with Crippen molar-refractivity contribution in [2.24, 2.45) is 5.73 Å². The van der Waals surface area contributed by atoms with E-state index in [-0.39, 0.29) is 6.04 Å². The molecule has 1 unspecified atom stereocenters. The molecule has 0 fully saturated rings. The van der Waals surface area contributed by atoms with Crippen molar-refractivity contribution in [2.75, 3.05) is 6.61 Å². The van der Waals surface area contributed by atoms with Gasteiger partial charge in [-0.2, -0.15) is 0 Å². The molecule has 3 nitrogen and oxygen atoms in total. The van der Waals surface area contributed by atoms with Crippen LogP contribution < -0.4 is 10.5 Å². The summed E-state index contributed by atoms with van der Waals surface area (Å²) in [7, 11) is 0. The summed E-state index contributed by atoms with van der Waals surface area (Å²) in [4.78, 5) is 4.33. The number of benzene rings is 2. The Morgan fingerprint density at radius 1 is 1.10 bits per heavy atom. The topological polar surface area (TPSA) is 48.1 Å². The molecule has 106 valence electrons. The normalized spacial score (nSPS) is 12.3. The molecule has 3 rings (SSSR count). The number of aryl methyl sites for hydroxylation is 1. The minimum Gasteiger partial charge on any atom is -0.491 e. The van der Waals surface area contributed by atoms with Crippen molar-refractivity contribution in [1.29, 1.82) is 0 Å². The predicted octanol–water partition coefficient (Wildman–Crippen LogP) is 3.62. The van der Waals surface area contributed by atoms with E-state index in [4.69, 9.17) is 10.5 Å². The van der Waals surface area contributed by atoms with Crippen LogP contribution in [0.5, 0.6) is 5.75 Å². The third kappa shape index (κ3) is 3.03. The van der Waals surface area contributed by atoms with E-state index in [1.807, 2.05) is 42.5 Å². The number of pyridine rings is 1. The van der Waals surface area contributed by atoms with Crippen molar-refractivity contribution in [3.8, 4) is 5.75 Å². The number of rotatable bonds is 4. The van der Waals surface area contributed by atoms with E-state index < -0.39 is 0 Å². The Bertz CT molecular complexity index is 750. The van der Waals surface area contributed by atoms with Crippen LogP contribution in [0, 0.1) is 6.92 Å². The number of aromatic nitrogens is 1. The third-order valence-electron chi connectivity index (χ3n) is 3.49. The highest BCUT2D eigenvalue weighted by molar-refractivity contribution is 5.84. The second kappa shape index (κ2) is 5.94. The third-order valence-corrected chi connectivity index (χ3v) is 3.49. The lowest BCUT2D eigenvalue weighted by Gasteiger charge is -2.15. The van der Waals surface area contributed by atoms with Crippen LogP contribution in [0.25, 0.3) is 10.9 Å². The molecule has 0 aliphatic rings. The Hall–Kier alpha value is -2.39. The number of nitrogens with zero attached hydrogens (tertiary/aromatic N) is 1. The summed E-state index contributed by atoms with van der Waals surface area (Å²) in [5.41, 5.74) is 9.44. The van der Waals surface area contributed by atoms with Crippen LogP contribution in [0.3, 0.4) is 0 Å². The lowest BCUT2D eigenvalue weighted by Crippen LogP contribution is -2.19. The van der Waals surface area contributed by atoms with Gasteiger partial charge in [-0.1, -0.05) is 35.9 Å². The Balaban J connectivity index is 1.77. The maximum Gasteiger partial charge on any atom is 0.128 e. The lowest BCUT2D eigenvalue weighted by atomic mass is 10.1. The van der Waals surface area contributed by atoms with E-state index >= 15 is 0 Å². The molecule has 0 radical (unpaired) electrons. The van der Waals surface area contributed by atoms with Gasteiger partial charge in [0.2, 0.25) is 0 Å². The maximum atomic E-state index is 6.22. The molecule has 2 N–H and O–H groups in total. The van der Waals surface area contributed by atoms with E-state index in [0.717, 1.165) is 22.2 Å². The molecule has 0 bridgehead atoms. The van der Waals surface area contributed by atoms with Crippen LogP contribution in [0.1, 0.15) is 17.2 Å². The van der Waals surface area contributed by atoms with Crippen molar-refractivity contribution < 1.29 is 4.74 Å². The molecule has 2 aromatic carbocycles. The van der Waals surface area contributed by atoms with E-state index in [1.165, 1.54) is 5.56 Å². The van der Waals surface area contributed by atoms with Gasteiger partial charge in [-0.05, 0) is 36.8 Å². The van der Waals surface area contributed by atoms with Gasteiger partial charge in [-0.25, -0.2) is 0 Å². The number of ether oxygens (including phenoxy) is 1. The molecule has 0 saturated carbocycles. The molecular weight excluding hydrogens is 260 g/mol. The van der Waals surface area contributed by atoms with Crippen LogP contribution in [-0.2, 0) is 0 Å². The summed E-state index contributed by atoms with van der Waals surface area (Å²) in [5, 5.41) is 1.01. The number of nitrogens with two attached hydrogens (primary N) is 1. The van der Waals surface area contributed by atoms with Gasteiger partial charge in [0, 0.05) is 11.6 Å². The van der Waals surface area contributed by atoms with E-state index in [1.54, 1.807) is 6.20 Å². The summed E-state index contributed by atoms with van der Waals surface area (Å²) in [6, 6.07) is 17.9. The van der Waals surface area contributed by atoms with Crippen LogP contribution in [0.4, 0.5) is 0 Å². The molecule has 0 amide bonds. The van der Waals surface area contributed by atoms with Crippen LogP contribution in [-0.4, -0.2) is 11.6 Å². The van der Waals surface area contributed by atoms with Gasteiger partial charge in [0.25, 0.3) is 0 Å². The van der Waals surface area contributed by atoms with Crippen LogP contribution in [0.15, 0.2) is 60.8 Å². The van der Waals surface area contributed by atoms with Gasteiger partial charge in [0.15, 0.2) is 0 Å². The summed E-state index contributed by atoms with van der Waals surface area (Å²) in [6.45, 7) is 2.50. The van der Waals surface area contributed by atoms with Crippen molar-refractivity contribution >= 4 is 10.9 Å². The Morgan fingerprint density at radius 2 is 1.95 bits per heavy atom. The highest BCUT2D eigenvalue weighted by Crippen LogP contribution is 2.24. The molecule has 0 aliphatic carbocycles. The Labute approximate surface area is 124 Å². The maximum absolute atomic E-state index is 6.22. The first-order chi connectivity index (χ1) is 10.2. The summed E-state index contributed by atoms with van der Waals surface area (Å²) in [5.74, 6) is 0.823. The van der Waals surface area contributed by atoms with Gasteiger partial charge < -0.3 is 10.5 Å². The summed E-state index contributed by atoms with van der Waals surface area (Å²) in [6.07, 6.45) is 1.78. The van der Waals surface area contributed by atoms with Gasteiger partial charge in [-0.3, -0.25) is 4.98 Å². The second-order valence-corrected chi connectivity index (χ2v) is 5.16. The average Bonchev–Trinajstić information content (AvgIpc) is 2.52. The standard InChI is InChI=1S/C18H18N2O/c1-13-5-2-6-14(11-13)16(19)12-21-18-9-3-8-17-15(18)7-4-10-20-17/h2-11,16H,12,19H2,1H3. The van der Waals surface area contributed by atoms with Gasteiger partial charge in [-0.15, -0.1) is 0 Å². The van der Waals surface area contributed by atoms with E-state index in [0.29, 0.717) is 6.61 Å². The fourth-order valence-electron chi connectivity index (χ4n) is 2.38. The first kappa shape index (κ1) is 13.6. The van der Waals surface area contributed by atoms with Gasteiger partial charge in [0.1, 0.15) is 12.4 Å². The number of hydrogen-bond acceptors (Lipinski definition) is 3. The molecule has 0 spiro atoms. The summed E-state index contributed by atoms with van der Waals surface area (Å²) < 4.78 is 5.91. The monoisotopic (exact) mass is 278 g/mol. The number of hydrogen-bond donors (Lipinski definition) is 1. The number of fused-ring (bicyclic) bond motifs is 1. The van der Waals surface area contributed by atoms with Crippen LogP contribution >= 0.6 is 0 Å². The Morgan fingerprint density at radius 3 is 2.81 bits per heavy atom. The van der Waals surface area contributed by atoms with Crippen molar-refractivity contribution in [3.05, 3.63) is 71.9 Å². The second-order valence-electron chi connectivity index (χ2n) is 5.16. The molecular formula is C18H18N2O. The minimum atomic E-state index is -0.142. The summed E-state index contributed by atoms with van der Waals surface area (Å²) >= 11 is 0. The molecule has 3 aromatic rings.